The summed E-state index contributed by atoms with van der Waals surface area (Å²) >= 11 is 0. The number of amides is 2. The third-order valence-corrected chi connectivity index (χ3v) is 7.52. The number of carboxylic acids is 1. The molecule has 9 nitrogen and oxygen atoms in total. The molecule has 0 aromatic carbocycles. The molecule has 2 atom stereocenters. The number of carbonyl (C=O) groups excluding carboxylic acids is 3. The van der Waals surface area contributed by atoms with E-state index in [1.807, 2.05) is 24.3 Å². The maximum Gasteiger partial charge on any atom is 0.328 e. The topological polar surface area (TPSA) is 142 Å². The molecule has 0 rings (SSSR count). The summed E-state index contributed by atoms with van der Waals surface area (Å²) in [6.07, 6.45) is 36.3. The fourth-order valence-corrected chi connectivity index (χ4v) is 4.72. The van der Waals surface area contributed by atoms with E-state index in [0.29, 0.717) is 12.8 Å². The second kappa shape index (κ2) is 32.7. The van der Waals surface area contributed by atoms with E-state index in [2.05, 4.69) is 48.8 Å². The lowest BCUT2D eigenvalue weighted by molar-refractivity contribution is -0.145. The van der Waals surface area contributed by atoms with Crippen LogP contribution in [0.25, 0.3) is 0 Å². The highest BCUT2D eigenvalue weighted by Gasteiger charge is 2.18. The molecule has 0 spiro atoms. The number of hydrogen-bond acceptors (Lipinski definition) is 6. The number of rotatable bonds is 31. The van der Waals surface area contributed by atoms with Crippen LogP contribution in [0.3, 0.4) is 0 Å². The van der Waals surface area contributed by atoms with Crippen molar-refractivity contribution in [3.05, 3.63) is 48.6 Å². The van der Waals surface area contributed by atoms with Gasteiger partial charge in [0, 0.05) is 12.8 Å². The van der Waals surface area contributed by atoms with Gasteiger partial charge in [-0.3, -0.25) is 14.4 Å². The number of ether oxygens (including phenoxy) is 1. The molecule has 0 aliphatic heterocycles. The summed E-state index contributed by atoms with van der Waals surface area (Å²) in [7, 11) is 0. The Morgan fingerprint density at radius 3 is 1.87 bits per heavy atom. The standard InChI is InChI=1S/C38H64N2O7/c1-3-5-7-9-10-11-12-13-14-15-16-17-22-26-30-37(44)47-33(27-23-19-8-6-4-2)28-24-20-18-21-25-29-35(42)39-31-36(43)40-34(32-41)38(45)46/h6,8,12-13,23-24,27-28,33-34,41H,3-5,7,9-11,14-22,25-26,29-32H2,1-2H3,(H,39,42)(H,40,43)(H,45,46)/b8-6-,13-12-,27-23-,28-24-. The number of unbranched alkanes of at least 4 members (excludes halogenated alkanes) is 13. The lowest BCUT2D eigenvalue weighted by Gasteiger charge is -2.12. The minimum Gasteiger partial charge on any atom is -0.480 e. The number of carbonyl (C=O) groups is 4. The number of nitrogens with one attached hydrogen (secondary N) is 2. The third-order valence-electron chi connectivity index (χ3n) is 7.52. The molecule has 9 heteroatoms. The number of allylic oxidation sites excluding steroid dienone is 6. The Morgan fingerprint density at radius 1 is 0.660 bits per heavy atom. The van der Waals surface area contributed by atoms with Gasteiger partial charge >= 0.3 is 11.9 Å². The van der Waals surface area contributed by atoms with Gasteiger partial charge < -0.3 is 25.6 Å². The molecule has 0 heterocycles. The van der Waals surface area contributed by atoms with Crippen LogP contribution in [-0.2, 0) is 23.9 Å². The van der Waals surface area contributed by atoms with Crippen LogP contribution in [0.15, 0.2) is 48.6 Å². The van der Waals surface area contributed by atoms with E-state index in [-0.39, 0.29) is 24.8 Å². The van der Waals surface area contributed by atoms with Gasteiger partial charge in [0.15, 0.2) is 0 Å². The summed E-state index contributed by atoms with van der Waals surface area (Å²) in [6.45, 7) is 3.27. The van der Waals surface area contributed by atoms with E-state index < -0.39 is 30.6 Å². The van der Waals surface area contributed by atoms with Crippen molar-refractivity contribution in [3.63, 3.8) is 0 Å². The lowest BCUT2D eigenvalue weighted by atomic mass is 10.1. The minimum atomic E-state index is -1.39. The molecule has 0 aromatic heterocycles. The number of esters is 1. The molecule has 0 bridgehead atoms. The fourth-order valence-electron chi connectivity index (χ4n) is 4.72. The molecule has 2 unspecified atom stereocenters. The number of carboxylic acid groups (broad SMARTS) is 1. The molecule has 0 saturated carbocycles. The van der Waals surface area contributed by atoms with E-state index >= 15 is 0 Å². The van der Waals surface area contributed by atoms with Gasteiger partial charge in [0.25, 0.3) is 0 Å². The van der Waals surface area contributed by atoms with E-state index in [0.717, 1.165) is 57.8 Å². The Morgan fingerprint density at radius 2 is 1.23 bits per heavy atom. The SMILES string of the molecule is CC/C=C\C/C=C\C(/C=C\CCCCCC(=O)NCC(=O)NC(CO)C(=O)O)OC(=O)CCCCCCC/C=C\CCCCCCC. The van der Waals surface area contributed by atoms with Crippen LogP contribution >= 0.6 is 0 Å². The van der Waals surface area contributed by atoms with Crippen molar-refractivity contribution in [1.82, 2.24) is 10.6 Å². The molecule has 0 aromatic rings. The molecule has 4 N–H and O–H groups in total. The molecule has 0 aliphatic rings. The summed E-state index contributed by atoms with van der Waals surface area (Å²) in [5.41, 5.74) is 0. The number of aliphatic hydroxyl groups excluding tert-OH is 1. The van der Waals surface area contributed by atoms with Gasteiger partial charge in [0.1, 0.15) is 12.1 Å². The van der Waals surface area contributed by atoms with Gasteiger partial charge in [-0.15, -0.1) is 0 Å². The maximum absolute atomic E-state index is 12.5. The van der Waals surface area contributed by atoms with E-state index in [4.69, 9.17) is 14.9 Å². The zero-order chi connectivity index (χ0) is 34.8. The monoisotopic (exact) mass is 660 g/mol. The quantitative estimate of drug-likeness (QED) is 0.0340. The highest BCUT2D eigenvalue weighted by molar-refractivity contribution is 5.87. The third kappa shape index (κ3) is 29.9. The zero-order valence-corrected chi connectivity index (χ0v) is 29.3. The maximum atomic E-state index is 12.5. The van der Waals surface area contributed by atoms with Crippen LogP contribution in [-0.4, -0.2) is 59.3 Å². The van der Waals surface area contributed by atoms with E-state index in [1.165, 1.54) is 51.4 Å². The predicted molar refractivity (Wildman–Crippen MR) is 190 cm³/mol. The van der Waals surface area contributed by atoms with Gasteiger partial charge in [0.2, 0.25) is 11.8 Å². The van der Waals surface area contributed by atoms with Crippen LogP contribution < -0.4 is 10.6 Å². The normalized spacial score (nSPS) is 13.1. The first kappa shape index (κ1) is 43.8. The Balaban J connectivity index is 4.25. The lowest BCUT2D eigenvalue weighted by Crippen LogP contribution is -2.47. The first-order valence-electron chi connectivity index (χ1n) is 18.1. The predicted octanol–water partition coefficient (Wildman–Crippen LogP) is 7.64. The molecule has 0 aliphatic carbocycles. The first-order valence-corrected chi connectivity index (χ1v) is 18.1. The average Bonchev–Trinajstić information content (AvgIpc) is 3.05. The van der Waals surface area contributed by atoms with Crippen LogP contribution in [0.1, 0.15) is 142 Å². The zero-order valence-electron chi connectivity index (χ0n) is 29.3. The fraction of sp³-hybridized carbons (Fsp3) is 0.684. The van der Waals surface area contributed by atoms with Gasteiger partial charge in [0.05, 0.1) is 13.2 Å². The summed E-state index contributed by atoms with van der Waals surface area (Å²) < 4.78 is 5.74. The van der Waals surface area contributed by atoms with Crippen LogP contribution in [0, 0.1) is 0 Å². The summed E-state index contributed by atoms with van der Waals surface area (Å²) in [6, 6.07) is -1.39. The minimum absolute atomic E-state index is 0.176. The first-order chi connectivity index (χ1) is 22.8. The van der Waals surface area contributed by atoms with Crippen molar-refractivity contribution < 1.29 is 34.1 Å². The van der Waals surface area contributed by atoms with E-state index in [1.54, 1.807) is 0 Å². The highest BCUT2D eigenvalue weighted by Crippen LogP contribution is 2.12. The summed E-state index contributed by atoms with van der Waals surface area (Å²) in [5, 5.41) is 22.4. The highest BCUT2D eigenvalue weighted by atomic mass is 16.5. The summed E-state index contributed by atoms with van der Waals surface area (Å²) in [5.74, 6) is -2.49. The Labute approximate surface area is 284 Å². The Kier molecular flexibility index (Phi) is 30.5. The van der Waals surface area contributed by atoms with Crippen LogP contribution in [0.4, 0.5) is 0 Å². The second-order valence-electron chi connectivity index (χ2n) is 11.9. The van der Waals surface area contributed by atoms with Crippen molar-refractivity contribution in [2.45, 2.75) is 154 Å². The number of hydrogen-bond donors (Lipinski definition) is 4. The van der Waals surface area contributed by atoms with Gasteiger partial charge in [-0.1, -0.05) is 102 Å². The molecular formula is C38H64N2O7. The smallest absolute Gasteiger partial charge is 0.328 e. The van der Waals surface area contributed by atoms with Gasteiger partial charge in [-0.25, -0.2) is 4.79 Å². The molecule has 268 valence electrons. The summed E-state index contributed by atoms with van der Waals surface area (Å²) in [4.78, 5) is 47.1. The van der Waals surface area contributed by atoms with Crippen molar-refractivity contribution in [1.29, 1.82) is 0 Å². The Bertz CT molecular complexity index is 942. The van der Waals surface area contributed by atoms with Crippen LogP contribution in [0.2, 0.25) is 0 Å². The van der Waals surface area contributed by atoms with Gasteiger partial charge in [-0.2, -0.15) is 0 Å². The van der Waals surface area contributed by atoms with Crippen molar-refractivity contribution >= 4 is 23.8 Å². The molecule has 0 fully saturated rings. The molecular weight excluding hydrogens is 596 g/mol. The van der Waals surface area contributed by atoms with E-state index in [9.17, 15) is 19.2 Å². The van der Waals surface area contributed by atoms with Gasteiger partial charge in [-0.05, 0) is 76.4 Å². The number of aliphatic carboxylic acids is 1. The van der Waals surface area contributed by atoms with Crippen molar-refractivity contribution in [2.75, 3.05) is 13.2 Å². The second-order valence-corrected chi connectivity index (χ2v) is 11.9. The van der Waals surface area contributed by atoms with Crippen LogP contribution in [0.5, 0.6) is 0 Å². The molecule has 2 amide bonds. The van der Waals surface area contributed by atoms with Crippen molar-refractivity contribution in [3.8, 4) is 0 Å². The molecule has 47 heavy (non-hydrogen) atoms. The molecule has 0 radical (unpaired) electrons. The largest absolute Gasteiger partial charge is 0.480 e. The Hall–Kier alpha value is -3.20. The average molecular weight is 661 g/mol. The van der Waals surface area contributed by atoms with Crippen molar-refractivity contribution in [2.24, 2.45) is 0 Å². The number of aliphatic hydroxyl groups is 1. The molecule has 0 saturated heterocycles.